The maximum atomic E-state index is 11.6. The number of carbonyl (C=O) groups excluding carboxylic acids is 2. The molecule has 188 valence electrons. The van der Waals surface area contributed by atoms with Gasteiger partial charge < -0.3 is 67.9 Å². The Hall–Kier alpha value is -2.83. The first-order valence-corrected chi connectivity index (χ1v) is 10.6. The molecule has 2 amide bonds. The van der Waals surface area contributed by atoms with Gasteiger partial charge in [0.15, 0.2) is 0 Å². The quantitative estimate of drug-likeness (QED) is 0.190. The van der Waals surface area contributed by atoms with Crippen molar-refractivity contribution in [1.82, 2.24) is 15.2 Å². The van der Waals surface area contributed by atoms with E-state index in [-0.39, 0.29) is 69.2 Å². The molecule has 3 rings (SSSR count). The second kappa shape index (κ2) is 17.6. The van der Waals surface area contributed by atoms with Gasteiger partial charge in [-0.2, -0.15) is 12.4 Å². The number of pyridine rings is 1. The molecule has 0 unspecified atom stereocenters. The number of nitrogens with zero attached hydrogens (tertiary/aromatic N) is 4. The first-order chi connectivity index (χ1) is 16.8. The minimum absolute atomic E-state index is 0. The van der Waals surface area contributed by atoms with Crippen LogP contribution in [0.2, 0.25) is 0 Å². The number of carboxylic acid groups (broad SMARTS) is 1. The van der Waals surface area contributed by atoms with E-state index in [1.165, 1.54) is 0 Å². The standard InChI is InChI=1S/C14H11N3O.C10H14N2O5.2Li/c1-2-7-16-10-11(9-15)13-4-3-8-17-14(13)18-12-5-6-12;1-3-12(6(2)9(14)15)10(16)17-7-4-8(13)11-5-7;;/h1-4,8-9,12H,5-6H2;6-7H,1-5H2,(H,11,13)(H,14,15);;/q-4;-2;2*+1/t;6-,7-;;/m.0../s1. The van der Waals surface area contributed by atoms with E-state index in [1.54, 1.807) is 18.3 Å². The summed E-state index contributed by atoms with van der Waals surface area (Å²) < 4.78 is 10.6. The summed E-state index contributed by atoms with van der Waals surface area (Å²) in [6, 6.07) is 2.27. The molecule has 1 saturated carbocycles. The zero-order valence-corrected chi connectivity index (χ0v) is 20.9. The number of carbonyl (C=O) groups is 3. The third-order valence-electron chi connectivity index (χ3n) is 4.65. The van der Waals surface area contributed by atoms with Crippen LogP contribution in [0.3, 0.4) is 0 Å². The molecule has 2 N–H and O–H groups in total. The Morgan fingerprint density at radius 2 is 2.11 bits per heavy atom. The summed E-state index contributed by atoms with van der Waals surface area (Å²) in [6.45, 7) is 12.0. The number of carboxylic acids is 1. The van der Waals surface area contributed by atoms with E-state index < -0.39 is 24.2 Å². The molecule has 1 saturated heterocycles. The summed E-state index contributed by atoms with van der Waals surface area (Å²) in [7, 11) is 0. The maximum absolute atomic E-state index is 11.6. The number of nitrogens with one attached hydrogen (secondary N) is 1. The summed E-state index contributed by atoms with van der Waals surface area (Å²) >= 11 is 0. The second-order valence-electron chi connectivity index (χ2n) is 7.30. The van der Waals surface area contributed by atoms with Crippen molar-refractivity contribution < 1.29 is 66.7 Å². The smallest absolute Gasteiger partial charge is 0.911 e. The summed E-state index contributed by atoms with van der Waals surface area (Å²) in [5.74, 6) is -0.973. The normalized spacial score (nSPS) is 17.1. The van der Waals surface area contributed by atoms with Crippen LogP contribution >= 0.6 is 0 Å². The van der Waals surface area contributed by atoms with E-state index in [4.69, 9.17) is 21.2 Å². The van der Waals surface area contributed by atoms with Gasteiger partial charge in [-0.1, -0.05) is 6.07 Å². The molecule has 11 nitrogen and oxygen atoms in total. The van der Waals surface area contributed by atoms with Crippen LogP contribution in [-0.4, -0.2) is 76.7 Å². The molecular formula is C24H25Li2N5O6-4. The maximum Gasteiger partial charge on any atom is 1.00 e. The fourth-order valence-corrected chi connectivity index (χ4v) is 2.70. The van der Waals surface area contributed by atoms with E-state index in [0.29, 0.717) is 17.0 Å². The Bertz CT molecular complexity index is 1000. The number of ether oxygens (including phenoxy) is 2. The molecular weight excluding hydrogens is 468 g/mol. The van der Waals surface area contributed by atoms with Gasteiger partial charge >= 0.3 is 43.8 Å². The predicted octanol–water partition coefficient (Wildman–Crippen LogP) is -4.21. The van der Waals surface area contributed by atoms with Gasteiger partial charge in [-0.15, -0.1) is 18.2 Å². The number of hydrogen-bond donors (Lipinski definition) is 2. The van der Waals surface area contributed by atoms with Gasteiger partial charge in [0, 0.05) is 12.2 Å². The summed E-state index contributed by atoms with van der Waals surface area (Å²) in [4.78, 5) is 41.9. The first-order valence-electron chi connectivity index (χ1n) is 10.6. The molecule has 1 aromatic heterocycles. The summed E-state index contributed by atoms with van der Waals surface area (Å²) in [5.41, 5.74) is 1.00. The Kier molecular flexibility index (Phi) is 16.3. The summed E-state index contributed by atoms with van der Waals surface area (Å²) in [5, 5.41) is 20.4. The molecule has 1 aliphatic heterocycles. The molecule has 1 aromatic rings. The van der Waals surface area contributed by atoms with Gasteiger partial charge in [-0.25, -0.2) is 9.78 Å². The minimum Gasteiger partial charge on any atom is -0.911 e. The van der Waals surface area contributed by atoms with Crippen molar-refractivity contribution in [3.05, 3.63) is 62.0 Å². The molecule has 0 bridgehead atoms. The topological polar surface area (TPSA) is 153 Å². The molecule has 0 spiro atoms. The number of hydrogen-bond acceptors (Lipinski definition) is 7. The van der Waals surface area contributed by atoms with Crippen LogP contribution < -0.4 is 47.8 Å². The van der Waals surface area contributed by atoms with Gasteiger partial charge in [0.05, 0.1) is 19.1 Å². The predicted molar refractivity (Wildman–Crippen MR) is 127 cm³/mol. The van der Waals surface area contributed by atoms with Crippen LogP contribution in [0.25, 0.3) is 11.0 Å². The Morgan fingerprint density at radius 3 is 2.62 bits per heavy atom. The average molecular weight is 493 g/mol. The number of aromatic nitrogens is 1. The van der Waals surface area contributed by atoms with Gasteiger partial charge in [0.1, 0.15) is 12.0 Å². The van der Waals surface area contributed by atoms with Crippen molar-refractivity contribution in [3.63, 3.8) is 0 Å². The second-order valence-corrected chi connectivity index (χ2v) is 7.30. The molecule has 1 aliphatic carbocycles. The monoisotopic (exact) mass is 493 g/mol. The molecule has 2 aliphatic rings. The van der Waals surface area contributed by atoms with Crippen molar-refractivity contribution in [1.29, 1.82) is 0 Å². The Balaban J connectivity index is 0.000000666. The van der Waals surface area contributed by atoms with Gasteiger partial charge in [0.25, 0.3) is 5.97 Å². The van der Waals surface area contributed by atoms with Crippen molar-refractivity contribution in [3.8, 4) is 5.88 Å². The average Bonchev–Trinajstić information content (AvgIpc) is 3.57. The Labute approximate surface area is 240 Å². The van der Waals surface area contributed by atoms with Gasteiger partial charge in [0.2, 0.25) is 5.91 Å². The van der Waals surface area contributed by atoms with E-state index in [0.717, 1.165) is 30.0 Å². The molecule has 13 heteroatoms. The van der Waals surface area contributed by atoms with E-state index in [1.807, 2.05) is 0 Å². The SMILES string of the molecule is [CH-]=C[C-]=N[C-]=C(C=[N-])c1cccnc1OC1CC1.[CH2-]CN(C(=O)O[C@@H]1CNC(=O)C1)[C@@H]([CH2-])C(=O)O.[Li+].[Li+]. The zero-order chi connectivity index (χ0) is 25.8. The minimum atomic E-state index is -1.26. The van der Waals surface area contributed by atoms with Crippen molar-refractivity contribution in [2.45, 2.75) is 37.5 Å². The molecule has 0 aromatic carbocycles. The third kappa shape index (κ3) is 11.4. The van der Waals surface area contributed by atoms with Crippen LogP contribution in [0.1, 0.15) is 24.8 Å². The number of amides is 2. The molecule has 37 heavy (non-hydrogen) atoms. The van der Waals surface area contributed by atoms with Crippen molar-refractivity contribution in [2.24, 2.45) is 4.99 Å². The number of allylic oxidation sites excluding steroid dienone is 2. The zero-order valence-electron chi connectivity index (χ0n) is 20.9. The van der Waals surface area contributed by atoms with Crippen LogP contribution in [-0.2, 0) is 14.3 Å². The van der Waals surface area contributed by atoms with E-state index in [2.05, 4.69) is 41.6 Å². The molecule has 0 radical (unpaired) electrons. The third-order valence-corrected chi connectivity index (χ3v) is 4.65. The molecule has 2 heterocycles. The fraction of sp³-hybridized carbons (Fsp3) is 0.333. The number of aliphatic imine (C=N–C) groups is 1. The van der Waals surface area contributed by atoms with E-state index >= 15 is 0 Å². The largest absolute Gasteiger partial charge is 1.00 e. The number of aliphatic carboxylic acids is 1. The fourth-order valence-electron chi connectivity index (χ4n) is 2.70. The molecule has 2 fully saturated rings. The van der Waals surface area contributed by atoms with Crippen molar-refractivity contribution >= 4 is 36.0 Å². The van der Waals surface area contributed by atoms with Gasteiger partial charge in [-0.05, 0) is 12.8 Å². The van der Waals surface area contributed by atoms with Crippen LogP contribution in [0.5, 0.6) is 5.88 Å². The first kappa shape index (κ1) is 34.2. The molecule has 2 atom stereocenters. The van der Waals surface area contributed by atoms with Crippen LogP contribution in [0.4, 0.5) is 4.79 Å². The van der Waals surface area contributed by atoms with E-state index in [9.17, 15) is 19.8 Å². The van der Waals surface area contributed by atoms with Gasteiger partial charge in [-0.3, -0.25) is 15.2 Å². The van der Waals surface area contributed by atoms with Crippen LogP contribution in [0.15, 0.2) is 29.4 Å². The van der Waals surface area contributed by atoms with Crippen molar-refractivity contribution in [2.75, 3.05) is 13.1 Å². The van der Waals surface area contributed by atoms with Crippen LogP contribution in [0, 0.1) is 26.6 Å². The number of rotatable bonds is 10. The Morgan fingerprint density at radius 1 is 1.41 bits per heavy atom. The summed E-state index contributed by atoms with van der Waals surface area (Å²) in [6.07, 6.45) is 9.72.